The minimum Gasteiger partial charge on any atom is -0.507 e. The number of carbonyl (C=O) groups is 2. The lowest BCUT2D eigenvalue weighted by Gasteiger charge is -2.28. The summed E-state index contributed by atoms with van der Waals surface area (Å²) >= 11 is 1.16. The molecule has 0 fully saturated rings. The molecule has 2 rings (SSSR count). The van der Waals surface area contributed by atoms with Crippen LogP contribution in [0.2, 0.25) is 0 Å². The molecule has 8 heteroatoms. The molecule has 0 saturated heterocycles. The summed E-state index contributed by atoms with van der Waals surface area (Å²) in [5.41, 5.74) is 1.31. The molecule has 0 unspecified atom stereocenters. The summed E-state index contributed by atoms with van der Waals surface area (Å²) in [4.78, 5) is 31.2. The molecule has 31 heavy (non-hydrogen) atoms. The molecule has 1 aromatic heterocycles. The van der Waals surface area contributed by atoms with E-state index in [9.17, 15) is 14.7 Å². The number of nitrogens with one attached hydrogen (secondary N) is 1. The number of phenols is 1. The van der Waals surface area contributed by atoms with Gasteiger partial charge >= 0.3 is 5.97 Å². The van der Waals surface area contributed by atoms with Crippen LogP contribution in [0, 0.1) is 0 Å². The van der Waals surface area contributed by atoms with Crippen LogP contribution in [0.15, 0.2) is 17.5 Å². The van der Waals surface area contributed by atoms with E-state index in [2.05, 4.69) is 10.3 Å². The number of esters is 1. The Morgan fingerprint density at radius 3 is 2.13 bits per heavy atom. The zero-order valence-corrected chi connectivity index (χ0v) is 20.4. The Balaban J connectivity index is 2.25. The molecule has 1 heterocycles. The maximum atomic E-state index is 13.0. The maximum absolute atomic E-state index is 13.0. The number of phenolic OH excluding ortho intramolecular Hbond substituents is 1. The normalized spacial score (nSPS) is 12.2. The average molecular weight is 448 g/mol. The Hall–Kier alpha value is -2.45. The smallest absolute Gasteiger partial charge is 0.357 e. The standard InChI is InChI=1S/C23H33N3O4S/c1-22(2,3)15-11-14(12-16(18(15)27)23(4,5)6)19(28)25-21-24-17(13-31-21)20(29)30-10-9-26(7)8/h11-13,27H,9-10H2,1-8H3,(H,24,25,28). The molecule has 0 aliphatic rings. The van der Waals surface area contributed by atoms with Crippen LogP contribution in [0.4, 0.5) is 5.13 Å². The molecular formula is C23H33N3O4S. The Kier molecular flexibility index (Phi) is 7.49. The molecule has 2 aromatic rings. The highest BCUT2D eigenvalue weighted by atomic mass is 32.1. The van der Waals surface area contributed by atoms with E-state index < -0.39 is 5.97 Å². The van der Waals surface area contributed by atoms with Gasteiger partial charge in [-0.2, -0.15) is 0 Å². The summed E-state index contributed by atoms with van der Waals surface area (Å²) < 4.78 is 5.18. The van der Waals surface area contributed by atoms with Crippen molar-refractivity contribution in [3.63, 3.8) is 0 Å². The van der Waals surface area contributed by atoms with Crippen LogP contribution in [0.25, 0.3) is 0 Å². The quantitative estimate of drug-likeness (QED) is 0.637. The second kappa shape index (κ2) is 9.36. The molecule has 1 aromatic carbocycles. The van der Waals surface area contributed by atoms with Gasteiger partial charge in [-0.05, 0) is 37.1 Å². The van der Waals surface area contributed by atoms with Gasteiger partial charge in [0.05, 0.1) is 0 Å². The van der Waals surface area contributed by atoms with Crippen molar-refractivity contribution in [3.05, 3.63) is 39.9 Å². The topological polar surface area (TPSA) is 91.8 Å². The first-order valence-electron chi connectivity index (χ1n) is 10.2. The minimum absolute atomic E-state index is 0.163. The molecule has 2 N–H and O–H groups in total. The Labute approximate surface area is 188 Å². The second-order valence-electron chi connectivity index (χ2n) is 9.85. The van der Waals surface area contributed by atoms with Gasteiger partial charge in [-0.1, -0.05) is 41.5 Å². The molecule has 0 radical (unpaired) electrons. The number of hydrogen-bond donors (Lipinski definition) is 2. The van der Waals surface area contributed by atoms with Gasteiger partial charge in [-0.3, -0.25) is 10.1 Å². The van der Waals surface area contributed by atoms with Gasteiger partial charge in [0.1, 0.15) is 12.4 Å². The zero-order chi connectivity index (χ0) is 23.6. The van der Waals surface area contributed by atoms with E-state index in [1.807, 2.05) is 60.5 Å². The van der Waals surface area contributed by atoms with Crippen molar-refractivity contribution in [2.24, 2.45) is 0 Å². The van der Waals surface area contributed by atoms with Gasteiger partial charge in [0, 0.05) is 28.6 Å². The molecule has 0 aliphatic carbocycles. The molecule has 0 bridgehead atoms. The van der Waals surface area contributed by atoms with E-state index >= 15 is 0 Å². The molecule has 1 amide bonds. The highest BCUT2D eigenvalue weighted by molar-refractivity contribution is 7.14. The fourth-order valence-electron chi connectivity index (χ4n) is 2.90. The van der Waals surface area contributed by atoms with Crippen LogP contribution in [-0.2, 0) is 15.6 Å². The van der Waals surface area contributed by atoms with Gasteiger partial charge in [0.25, 0.3) is 5.91 Å². The highest BCUT2D eigenvalue weighted by Crippen LogP contribution is 2.39. The van der Waals surface area contributed by atoms with E-state index in [0.29, 0.717) is 28.4 Å². The maximum Gasteiger partial charge on any atom is 0.357 e. The number of likely N-dealkylation sites (N-methyl/N-ethyl adjacent to an activating group) is 1. The van der Waals surface area contributed by atoms with Gasteiger partial charge in [0.15, 0.2) is 10.8 Å². The molecule has 0 aliphatic heterocycles. The van der Waals surface area contributed by atoms with E-state index in [1.165, 1.54) is 0 Å². The van der Waals surface area contributed by atoms with Crippen LogP contribution in [0.1, 0.15) is 73.5 Å². The fraction of sp³-hybridized carbons (Fsp3) is 0.522. The number of aromatic nitrogens is 1. The third-order valence-corrected chi connectivity index (χ3v) is 5.45. The Morgan fingerprint density at radius 2 is 1.65 bits per heavy atom. The van der Waals surface area contributed by atoms with Crippen LogP contribution in [0.5, 0.6) is 5.75 Å². The van der Waals surface area contributed by atoms with Crippen LogP contribution < -0.4 is 5.32 Å². The first-order chi connectivity index (χ1) is 14.2. The predicted molar refractivity (Wildman–Crippen MR) is 124 cm³/mol. The first kappa shape index (κ1) is 24.8. The van der Waals surface area contributed by atoms with E-state index in [1.54, 1.807) is 17.5 Å². The number of benzene rings is 1. The average Bonchev–Trinajstić information content (AvgIpc) is 3.08. The largest absolute Gasteiger partial charge is 0.507 e. The third-order valence-electron chi connectivity index (χ3n) is 4.69. The van der Waals surface area contributed by atoms with Gasteiger partial charge in [0.2, 0.25) is 0 Å². The van der Waals surface area contributed by atoms with E-state index in [4.69, 9.17) is 4.74 Å². The Bertz CT molecular complexity index is 917. The number of nitrogens with zero attached hydrogens (tertiary/aromatic N) is 2. The number of thiazole rings is 1. The summed E-state index contributed by atoms with van der Waals surface area (Å²) in [7, 11) is 3.79. The monoisotopic (exact) mass is 447 g/mol. The van der Waals surface area contributed by atoms with Crippen LogP contribution in [0.3, 0.4) is 0 Å². The lowest BCUT2D eigenvalue weighted by atomic mass is 9.78. The number of carbonyl (C=O) groups excluding carboxylic acids is 2. The van der Waals surface area contributed by atoms with Crippen molar-refractivity contribution in [3.8, 4) is 5.75 Å². The number of anilines is 1. The number of ether oxygens (including phenoxy) is 1. The Morgan fingerprint density at radius 1 is 1.10 bits per heavy atom. The lowest BCUT2D eigenvalue weighted by Crippen LogP contribution is -2.21. The number of rotatable bonds is 6. The summed E-state index contributed by atoms with van der Waals surface area (Å²) in [6.07, 6.45) is 0. The zero-order valence-electron chi connectivity index (χ0n) is 19.6. The van der Waals surface area contributed by atoms with Crippen molar-refractivity contribution in [1.29, 1.82) is 0 Å². The van der Waals surface area contributed by atoms with Gasteiger partial charge in [-0.15, -0.1) is 11.3 Å². The predicted octanol–water partition coefficient (Wildman–Crippen LogP) is 4.41. The lowest BCUT2D eigenvalue weighted by molar-refractivity contribution is 0.0476. The summed E-state index contributed by atoms with van der Waals surface area (Å²) in [5.74, 6) is -0.653. The van der Waals surface area contributed by atoms with Crippen LogP contribution >= 0.6 is 11.3 Å². The fourth-order valence-corrected chi connectivity index (χ4v) is 3.57. The van der Waals surface area contributed by atoms with E-state index in [0.717, 1.165) is 11.3 Å². The van der Waals surface area contributed by atoms with Crippen molar-refractivity contribution < 1.29 is 19.4 Å². The molecule has 7 nitrogen and oxygen atoms in total. The third kappa shape index (κ3) is 6.51. The molecule has 0 saturated carbocycles. The summed E-state index contributed by atoms with van der Waals surface area (Å²) in [5, 5.41) is 15.5. The molecule has 0 spiro atoms. The number of amides is 1. The van der Waals surface area contributed by atoms with Crippen molar-refractivity contribution in [2.45, 2.75) is 52.4 Å². The first-order valence-corrected chi connectivity index (χ1v) is 11.0. The van der Waals surface area contributed by atoms with Gasteiger partial charge < -0.3 is 14.7 Å². The van der Waals surface area contributed by atoms with Crippen LogP contribution in [-0.4, -0.2) is 54.1 Å². The molecule has 170 valence electrons. The number of aromatic hydroxyl groups is 1. The highest BCUT2D eigenvalue weighted by Gasteiger charge is 2.28. The van der Waals surface area contributed by atoms with Crippen molar-refractivity contribution in [1.82, 2.24) is 9.88 Å². The summed E-state index contributed by atoms with van der Waals surface area (Å²) in [6.45, 7) is 12.8. The molecule has 0 atom stereocenters. The SMILES string of the molecule is CN(C)CCOC(=O)c1csc(NC(=O)c2cc(C(C)(C)C)c(O)c(C(C)(C)C)c2)n1. The van der Waals surface area contributed by atoms with Gasteiger partial charge in [-0.25, -0.2) is 9.78 Å². The summed E-state index contributed by atoms with van der Waals surface area (Å²) in [6, 6.07) is 3.42. The van der Waals surface area contributed by atoms with Crippen molar-refractivity contribution >= 4 is 28.3 Å². The number of hydrogen-bond acceptors (Lipinski definition) is 7. The minimum atomic E-state index is -0.520. The molecular weight excluding hydrogens is 414 g/mol. The van der Waals surface area contributed by atoms with E-state index in [-0.39, 0.29) is 34.8 Å². The second-order valence-corrected chi connectivity index (χ2v) is 10.7. The van der Waals surface area contributed by atoms with Crippen molar-refractivity contribution in [2.75, 3.05) is 32.6 Å².